The molecule has 8 heteroatoms. The Bertz CT molecular complexity index is 620. The van der Waals surface area contributed by atoms with E-state index in [1.807, 2.05) is 4.90 Å². The summed E-state index contributed by atoms with van der Waals surface area (Å²) in [6.07, 6.45) is -2.86. The molecule has 0 bridgehead atoms. The maximum Gasteiger partial charge on any atom is 0.418 e. The fraction of sp³-hybridized carbons (Fsp3) is 0.400. The molecule has 1 saturated heterocycles. The Morgan fingerprint density at radius 1 is 1.39 bits per heavy atom. The van der Waals surface area contributed by atoms with Gasteiger partial charge in [0, 0.05) is 25.0 Å². The second-order valence-electron chi connectivity index (χ2n) is 5.36. The number of nitrogens with one attached hydrogen (secondary N) is 1. The number of hydrogen-bond acceptors (Lipinski definition) is 3. The van der Waals surface area contributed by atoms with Gasteiger partial charge in [0.25, 0.3) is 0 Å². The van der Waals surface area contributed by atoms with Gasteiger partial charge in [-0.1, -0.05) is 6.58 Å². The first-order valence-corrected chi connectivity index (χ1v) is 7.18. The minimum Gasteiger partial charge on any atom is -0.388 e. The van der Waals surface area contributed by atoms with Crippen molar-refractivity contribution < 1.29 is 13.2 Å². The summed E-state index contributed by atoms with van der Waals surface area (Å²) in [7, 11) is 1.46. The van der Waals surface area contributed by atoms with Gasteiger partial charge in [-0.15, -0.1) is 0 Å². The van der Waals surface area contributed by atoms with Crippen LogP contribution in [0.3, 0.4) is 0 Å². The lowest BCUT2D eigenvalue weighted by molar-refractivity contribution is -0.136. The molecule has 2 rings (SSSR count). The molecule has 23 heavy (non-hydrogen) atoms. The molecule has 1 heterocycles. The topological polar surface area (TPSA) is 79.7 Å². The molecule has 1 atom stereocenters. The van der Waals surface area contributed by atoms with E-state index in [4.69, 9.17) is 11.5 Å². The van der Waals surface area contributed by atoms with E-state index in [0.29, 0.717) is 17.9 Å². The molecule has 1 aromatic rings. The van der Waals surface area contributed by atoms with E-state index in [2.05, 4.69) is 16.9 Å². The first kappa shape index (κ1) is 17.0. The highest BCUT2D eigenvalue weighted by Gasteiger charge is 2.35. The highest BCUT2D eigenvalue weighted by molar-refractivity contribution is 5.77. The summed E-state index contributed by atoms with van der Waals surface area (Å²) >= 11 is 0. The number of nitrogens with zero attached hydrogens (tertiary/aromatic N) is 2. The third kappa shape index (κ3) is 3.69. The molecule has 126 valence electrons. The zero-order valence-electron chi connectivity index (χ0n) is 12.8. The van der Waals surface area contributed by atoms with Gasteiger partial charge in [-0.25, -0.2) is 4.99 Å². The van der Waals surface area contributed by atoms with E-state index in [9.17, 15) is 13.2 Å². The second-order valence-corrected chi connectivity index (χ2v) is 5.36. The van der Waals surface area contributed by atoms with E-state index in [0.717, 1.165) is 18.9 Å². The van der Waals surface area contributed by atoms with E-state index >= 15 is 0 Å². The van der Waals surface area contributed by atoms with Crippen molar-refractivity contribution in [3.05, 3.63) is 36.0 Å². The number of guanidine groups is 1. The normalized spacial score (nSPS) is 17.9. The zero-order valence-corrected chi connectivity index (χ0v) is 12.8. The van der Waals surface area contributed by atoms with E-state index in [-0.39, 0.29) is 17.7 Å². The van der Waals surface area contributed by atoms with Gasteiger partial charge in [-0.3, -0.25) is 0 Å². The van der Waals surface area contributed by atoms with Crippen LogP contribution in [-0.2, 0) is 6.18 Å². The Labute approximate surface area is 132 Å². The fourth-order valence-electron chi connectivity index (χ4n) is 2.83. The summed E-state index contributed by atoms with van der Waals surface area (Å²) in [5, 5.41) is 2.57. The van der Waals surface area contributed by atoms with Crippen LogP contribution < -0.4 is 21.7 Å². The number of halogens is 3. The van der Waals surface area contributed by atoms with E-state index in [1.165, 1.54) is 13.1 Å². The van der Waals surface area contributed by atoms with Gasteiger partial charge in [-0.05, 0) is 31.0 Å². The molecule has 1 aromatic carbocycles. The van der Waals surface area contributed by atoms with Crippen LogP contribution in [0.5, 0.6) is 0 Å². The third-order valence-corrected chi connectivity index (χ3v) is 3.82. The molecule has 0 spiro atoms. The van der Waals surface area contributed by atoms with Crippen molar-refractivity contribution in [3.63, 3.8) is 0 Å². The van der Waals surface area contributed by atoms with Crippen LogP contribution in [0.15, 0.2) is 35.5 Å². The summed E-state index contributed by atoms with van der Waals surface area (Å²) in [5.74, 6) is -0.108. The lowest BCUT2D eigenvalue weighted by Gasteiger charge is -2.28. The number of aliphatic imine (C=N–C) groups is 1. The minimum absolute atomic E-state index is 0.0417. The van der Waals surface area contributed by atoms with Gasteiger partial charge in [0.15, 0.2) is 5.96 Å². The van der Waals surface area contributed by atoms with Crippen LogP contribution in [0.25, 0.3) is 0 Å². The number of alkyl halides is 3. The van der Waals surface area contributed by atoms with Gasteiger partial charge in [0.2, 0.25) is 0 Å². The molecule has 0 saturated carbocycles. The maximum absolute atomic E-state index is 13.2. The molecule has 1 aliphatic heterocycles. The average molecular weight is 327 g/mol. The molecule has 0 aliphatic carbocycles. The van der Waals surface area contributed by atoms with Crippen molar-refractivity contribution >= 4 is 17.3 Å². The first-order valence-electron chi connectivity index (χ1n) is 7.18. The quantitative estimate of drug-likeness (QED) is 0.586. The van der Waals surface area contributed by atoms with Gasteiger partial charge in [-0.2, -0.15) is 13.2 Å². The lowest BCUT2D eigenvalue weighted by Crippen LogP contribution is -2.32. The smallest absolute Gasteiger partial charge is 0.388 e. The van der Waals surface area contributed by atoms with Gasteiger partial charge in [0.05, 0.1) is 17.3 Å². The van der Waals surface area contributed by atoms with E-state index in [1.54, 1.807) is 6.07 Å². The second kappa shape index (κ2) is 6.39. The molecule has 1 fully saturated rings. The van der Waals surface area contributed by atoms with Gasteiger partial charge < -0.3 is 21.7 Å². The SMILES string of the molecule is C=C(N=C(N)N)C1CCCN1c1ccc(NC)c(C(F)(F)F)c1. The van der Waals surface area contributed by atoms with Crippen molar-refractivity contribution in [2.45, 2.75) is 25.1 Å². The van der Waals surface area contributed by atoms with Crippen LogP contribution in [0.4, 0.5) is 24.5 Å². The van der Waals surface area contributed by atoms with Gasteiger partial charge in [0.1, 0.15) is 0 Å². The molecular weight excluding hydrogens is 307 g/mol. The molecule has 0 radical (unpaired) electrons. The average Bonchev–Trinajstić information content (AvgIpc) is 2.94. The Morgan fingerprint density at radius 3 is 2.65 bits per heavy atom. The zero-order chi connectivity index (χ0) is 17.2. The third-order valence-electron chi connectivity index (χ3n) is 3.82. The van der Waals surface area contributed by atoms with Crippen molar-refractivity contribution in [2.24, 2.45) is 16.5 Å². The Kier molecular flexibility index (Phi) is 4.72. The molecule has 1 unspecified atom stereocenters. The summed E-state index contributed by atoms with van der Waals surface area (Å²) in [6, 6.07) is 4.02. The molecular formula is C15H20F3N5. The number of anilines is 2. The van der Waals surface area contributed by atoms with Crippen molar-refractivity contribution in [1.29, 1.82) is 0 Å². The molecule has 0 amide bonds. The predicted octanol–water partition coefficient (Wildman–Crippen LogP) is 2.50. The van der Waals surface area contributed by atoms with Crippen LogP contribution in [0.1, 0.15) is 18.4 Å². The van der Waals surface area contributed by atoms with Crippen LogP contribution in [0.2, 0.25) is 0 Å². The summed E-state index contributed by atoms with van der Waals surface area (Å²) in [6.45, 7) is 4.46. The lowest BCUT2D eigenvalue weighted by atomic mass is 10.1. The number of nitrogens with two attached hydrogens (primary N) is 2. The van der Waals surface area contributed by atoms with Crippen molar-refractivity contribution in [2.75, 3.05) is 23.8 Å². The first-order chi connectivity index (χ1) is 10.7. The molecule has 1 aliphatic rings. The molecule has 0 aromatic heterocycles. The Balaban J connectivity index is 2.37. The Morgan fingerprint density at radius 2 is 2.09 bits per heavy atom. The summed E-state index contributed by atoms with van der Waals surface area (Å²) < 4.78 is 39.6. The Hall–Kier alpha value is -2.38. The van der Waals surface area contributed by atoms with Crippen molar-refractivity contribution in [3.8, 4) is 0 Å². The summed E-state index contributed by atoms with van der Waals surface area (Å²) in [4.78, 5) is 5.79. The highest BCUT2D eigenvalue weighted by Crippen LogP contribution is 2.39. The van der Waals surface area contributed by atoms with Crippen molar-refractivity contribution in [1.82, 2.24) is 0 Å². The number of hydrogen-bond donors (Lipinski definition) is 3. The predicted molar refractivity (Wildman–Crippen MR) is 86.3 cm³/mol. The van der Waals surface area contributed by atoms with Crippen LogP contribution in [-0.4, -0.2) is 25.6 Å². The largest absolute Gasteiger partial charge is 0.418 e. The molecule has 5 nitrogen and oxygen atoms in total. The van der Waals surface area contributed by atoms with Gasteiger partial charge >= 0.3 is 6.18 Å². The number of rotatable bonds is 4. The van der Waals surface area contributed by atoms with Crippen LogP contribution in [0, 0.1) is 0 Å². The molecule has 5 N–H and O–H groups in total. The highest BCUT2D eigenvalue weighted by atomic mass is 19.4. The standard InChI is InChI=1S/C15H20F3N5/c1-9(22-14(19)20)13-4-3-7-23(13)10-5-6-12(21-2)11(8-10)15(16,17)18/h5-6,8,13,21H,1,3-4,7H2,2H3,(H4,19,20,22). The minimum atomic E-state index is -4.43. The number of benzene rings is 1. The fourth-order valence-corrected chi connectivity index (χ4v) is 2.83. The summed E-state index contributed by atoms with van der Waals surface area (Å²) in [5.41, 5.74) is 11.0. The monoisotopic (exact) mass is 327 g/mol. The van der Waals surface area contributed by atoms with Crippen LogP contribution >= 0.6 is 0 Å². The maximum atomic E-state index is 13.2. The van der Waals surface area contributed by atoms with E-state index < -0.39 is 11.7 Å².